The third kappa shape index (κ3) is 3.80. The SMILES string of the molecule is CCN(C)C(=O)c1nn(-c2ccc(C)c(F)c2)c(=O)n([C@@H](C)c2ccccc2)c1=O. The molecular weight excluding hydrogens is 387 g/mol. The second kappa shape index (κ2) is 8.44. The van der Waals surface area contributed by atoms with E-state index in [1.54, 1.807) is 45.0 Å². The predicted molar refractivity (Wildman–Crippen MR) is 112 cm³/mol. The van der Waals surface area contributed by atoms with Crippen LogP contribution in [0, 0.1) is 12.7 Å². The van der Waals surface area contributed by atoms with Crippen LogP contribution in [0.15, 0.2) is 58.1 Å². The topological polar surface area (TPSA) is 77.2 Å². The standard InChI is InChI=1S/C22H23FN4O3/c1-5-25(4)20(28)19-21(29)26(15(3)16-9-7-6-8-10-16)22(30)27(24-19)17-12-11-14(2)18(23)13-17/h6-13,15H,5H2,1-4H3/t15-/m0/s1. The molecule has 0 aliphatic heterocycles. The normalized spacial score (nSPS) is 11.9. The summed E-state index contributed by atoms with van der Waals surface area (Å²) in [6.45, 7) is 5.40. The summed E-state index contributed by atoms with van der Waals surface area (Å²) < 4.78 is 16.0. The van der Waals surface area contributed by atoms with Crippen molar-refractivity contribution in [2.75, 3.05) is 13.6 Å². The quantitative estimate of drug-likeness (QED) is 0.648. The van der Waals surface area contributed by atoms with E-state index in [2.05, 4.69) is 5.10 Å². The molecule has 1 aromatic heterocycles. The van der Waals surface area contributed by atoms with Gasteiger partial charge in [-0.1, -0.05) is 36.4 Å². The van der Waals surface area contributed by atoms with Gasteiger partial charge in [0.1, 0.15) is 5.82 Å². The van der Waals surface area contributed by atoms with Gasteiger partial charge in [-0.3, -0.25) is 9.59 Å². The van der Waals surface area contributed by atoms with E-state index in [9.17, 15) is 18.8 Å². The summed E-state index contributed by atoms with van der Waals surface area (Å²) in [4.78, 5) is 40.5. The van der Waals surface area contributed by atoms with Crippen LogP contribution >= 0.6 is 0 Å². The average Bonchev–Trinajstić information content (AvgIpc) is 2.75. The molecule has 8 heteroatoms. The Labute approximate surface area is 173 Å². The summed E-state index contributed by atoms with van der Waals surface area (Å²) >= 11 is 0. The maximum Gasteiger partial charge on any atom is 0.352 e. The largest absolute Gasteiger partial charge is 0.352 e. The molecule has 2 aromatic carbocycles. The van der Waals surface area contributed by atoms with Gasteiger partial charge in [0.25, 0.3) is 11.5 Å². The van der Waals surface area contributed by atoms with Crippen molar-refractivity contribution in [3.05, 3.63) is 92.0 Å². The van der Waals surface area contributed by atoms with Gasteiger partial charge in [-0.15, -0.1) is 0 Å². The number of carbonyl (C=O) groups is 1. The fourth-order valence-corrected chi connectivity index (χ4v) is 3.05. The zero-order valence-electron chi connectivity index (χ0n) is 17.3. The molecule has 0 spiro atoms. The number of aromatic nitrogens is 3. The Balaban J connectivity index is 2.33. The maximum absolute atomic E-state index is 14.2. The molecule has 156 valence electrons. The van der Waals surface area contributed by atoms with Crippen LogP contribution in [-0.2, 0) is 0 Å². The van der Waals surface area contributed by atoms with Crippen molar-refractivity contribution in [3.63, 3.8) is 0 Å². The van der Waals surface area contributed by atoms with Crippen LogP contribution in [0.3, 0.4) is 0 Å². The highest BCUT2D eigenvalue weighted by Crippen LogP contribution is 2.15. The molecule has 0 saturated heterocycles. The van der Waals surface area contributed by atoms with Crippen molar-refractivity contribution in [1.29, 1.82) is 0 Å². The van der Waals surface area contributed by atoms with Gasteiger partial charge in [0.2, 0.25) is 5.69 Å². The fraction of sp³-hybridized carbons (Fsp3) is 0.273. The molecule has 0 bridgehead atoms. The summed E-state index contributed by atoms with van der Waals surface area (Å²) in [5, 5.41) is 4.03. The van der Waals surface area contributed by atoms with Gasteiger partial charge in [0.15, 0.2) is 0 Å². The molecular formula is C22H23FN4O3. The van der Waals surface area contributed by atoms with Crippen molar-refractivity contribution < 1.29 is 9.18 Å². The number of nitrogens with zero attached hydrogens (tertiary/aromatic N) is 4. The number of aryl methyl sites for hydroxylation is 1. The summed E-state index contributed by atoms with van der Waals surface area (Å²) in [5.74, 6) is -1.13. The monoisotopic (exact) mass is 410 g/mol. The minimum absolute atomic E-state index is 0.130. The summed E-state index contributed by atoms with van der Waals surface area (Å²) in [7, 11) is 1.54. The summed E-state index contributed by atoms with van der Waals surface area (Å²) in [6, 6.07) is 12.5. The van der Waals surface area contributed by atoms with Crippen molar-refractivity contribution in [1.82, 2.24) is 19.2 Å². The van der Waals surface area contributed by atoms with Crippen LogP contribution in [-0.4, -0.2) is 38.7 Å². The minimum atomic E-state index is -0.787. The smallest absolute Gasteiger partial charge is 0.340 e. The molecule has 3 aromatic rings. The third-order valence-electron chi connectivity index (χ3n) is 5.10. The Morgan fingerprint density at radius 2 is 1.83 bits per heavy atom. The molecule has 0 radical (unpaired) electrons. The lowest BCUT2D eigenvalue weighted by Gasteiger charge is -2.19. The number of benzene rings is 2. The van der Waals surface area contributed by atoms with Gasteiger partial charge in [-0.05, 0) is 38.0 Å². The van der Waals surface area contributed by atoms with E-state index in [0.29, 0.717) is 17.7 Å². The van der Waals surface area contributed by atoms with Crippen molar-refractivity contribution >= 4 is 5.91 Å². The van der Waals surface area contributed by atoms with Crippen LogP contribution < -0.4 is 11.2 Å². The second-order valence-corrected chi connectivity index (χ2v) is 7.06. The lowest BCUT2D eigenvalue weighted by molar-refractivity contribution is 0.0791. The highest BCUT2D eigenvalue weighted by Gasteiger charge is 2.25. The zero-order chi connectivity index (χ0) is 22.0. The second-order valence-electron chi connectivity index (χ2n) is 7.06. The molecule has 7 nitrogen and oxygen atoms in total. The molecule has 0 saturated carbocycles. The first kappa shape index (κ1) is 21.2. The lowest BCUT2D eigenvalue weighted by Crippen LogP contribution is -2.47. The summed E-state index contributed by atoms with van der Waals surface area (Å²) in [6.07, 6.45) is 0. The van der Waals surface area contributed by atoms with E-state index in [1.807, 2.05) is 6.07 Å². The molecule has 1 atom stereocenters. The minimum Gasteiger partial charge on any atom is -0.340 e. The van der Waals surface area contributed by atoms with Gasteiger partial charge >= 0.3 is 5.69 Å². The molecule has 0 aliphatic rings. The molecule has 0 N–H and O–H groups in total. The molecule has 3 rings (SSSR count). The Hall–Kier alpha value is -3.55. The van der Waals surface area contributed by atoms with E-state index in [4.69, 9.17) is 0 Å². The van der Waals surface area contributed by atoms with Gasteiger partial charge < -0.3 is 4.90 Å². The van der Waals surface area contributed by atoms with E-state index < -0.39 is 34.7 Å². The number of rotatable bonds is 5. The fourth-order valence-electron chi connectivity index (χ4n) is 3.05. The number of halogens is 1. The Morgan fingerprint density at radius 1 is 1.17 bits per heavy atom. The van der Waals surface area contributed by atoms with Crippen LogP contribution in [0.2, 0.25) is 0 Å². The van der Waals surface area contributed by atoms with Gasteiger partial charge in [-0.25, -0.2) is 13.8 Å². The van der Waals surface area contributed by atoms with Crippen molar-refractivity contribution in [2.45, 2.75) is 26.8 Å². The highest BCUT2D eigenvalue weighted by atomic mass is 19.1. The van der Waals surface area contributed by atoms with Gasteiger partial charge in [-0.2, -0.15) is 9.78 Å². The van der Waals surface area contributed by atoms with E-state index in [-0.39, 0.29) is 5.69 Å². The molecule has 30 heavy (non-hydrogen) atoms. The molecule has 0 aliphatic carbocycles. The van der Waals surface area contributed by atoms with Crippen LogP contribution in [0.1, 0.15) is 41.5 Å². The molecule has 0 unspecified atom stereocenters. The Morgan fingerprint density at radius 3 is 2.43 bits per heavy atom. The van der Waals surface area contributed by atoms with E-state index in [1.165, 1.54) is 24.1 Å². The number of carbonyl (C=O) groups excluding carboxylic acids is 1. The molecule has 0 fully saturated rings. The predicted octanol–water partition coefficient (Wildman–Crippen LogP) is 2.54. The van der Waals surface area contributed by atoms with Gasteiger partial charge in [0.05, 0.1) is 11.7 Å². The van der Waals surface area contributed by atoms with E-state index in [0.717, 1.165) is 15.3 Å². The van der Waals surface area contributed by atoms with Crippen LogP contribution in [0.4, 0.5) is 4.39 Å². The first-order chi connectivity index (χ1) is 14.3. The first-order valence-corrected chi connectivity index (χ1v) is 9.59. The number of hydrogen-bond acceptors (Lipinski definition) is 4. The van der Waals surface area contributed by atoms with E-state index >= 15 is 0 Å². The lowest BCUT2D eigenvalue weighted by atomic mass is 10.1. The zero-order valence-corrected chi connectivity index (χ0v) is 17.3. The van der Waals surface area contributed by atoms with Crippen LogP contribution in [0.25, 0.3) is 5.69 Å². The molecule has 1 heterocycles. The van der Waals surface area contributed by atoms with Crippen molar-refractivity contribution in [3.8, 4) is 5.69 Å². The number of hydrogen-bond donors (Lipinski definition) is 0. The Kier molecular flexibility index (Phi) is 5.96. The van der Waals surface area contributed by atoms with Crippen molar-refractivity contribution in [2.24, 2.45) is 0 Å². The molecule has 1 amide bonds. The first-order valence-electron chi connectivity index (χ1n) is 9.59. The van der Waals surface area contributed by atoms with Crippen LogP contribution in [0.5, 0.6) is 0 Å². The number of amides is 1. The highest BCUT2D eigenvalue weighted by molar-refractivity contribution is 5.91. The Bertz CT molecular complexity index is 1200. The summed E-state index contributed by atoms with van der Waals surface area (Å²) in [5.41, 5.74) is -0.694. The average molecular weight is 410 g/mol. The third-order valence-corrected chi connectivity index (χ3v) is 5.10. The maximum atomic E-state index is 14.2. The van der Waals surface area contributed by atoms with Gasteiger partial charge in [0, 0.05) is 19.7 Å².